The number of thioether (sulfide) groups is 1. The number of benzene rings is 2. The summed E-state index contributed by atoms with van der Waals surface area (Å²) in [7, 11) is 0. The summed E-state index contributed by atoms with van der Waals surface area (Å²) in [5.74, 6) is 1.91. The van der Waals surface area contributed by atoms with Crippen LogP contribution in [-0.4, -0.2) is 35.1 Å². The number of para-hydroxylation sites is 1. The summed E-state index contributed by atoms with van der Waals surface area (Å²) in [6.07, 6.45) is 3.31. The van der Waals surface area contributed by atoms with Crippen LogP contribution in [0.3, 0.4) is 0 Å². The second-order valence-electron chi connectivity index (χ2n) is 7.43. The Morgan fingerprint density at radius 1 is 0.941 bits per heavy atom. The van der Waals surface area contributed by atoms with Crippen molar-refractivity contribution in [1.82, 2.24) is 35.1 Å². The van der Waals surface area contributed by atoms with Crippen molar-refractivity contribution in [2.75, 3.05) is 0 Å². The second-order valence-corrected chi connectivity index (χ2v) is 8.39. The first kappa shape index (κ1) is 20.3. The normalized spacial score (nSPS) is 11.3. The third-order valence-electron chi connectivity index (χ3n) is 5.25. The molecule has 9 nitrogen and oxygen atoms in total. The van der Waals surface area contributed by atoms with E-state index in [0.29, 0.717) is 34.6 Å². The van der Waals surface area contributed by atoms with Crippen LogP contribution in [0.25, 0.3) is 39.4 Å². The Morgan fingerprint density at radius 2 is 1.74 bits per heavy atom. The molecule has 0 aliphatic rings. The Balaban J connectivity index is 1.26. The maximum absolute atomic E-state index is 5.97. The van der Waals surface area contributed by atoms with Gasteiger partial charge in [0.05, 0.1) is 23.0 Å². The van der Waals surface area contributed by atoms with Gasteiger partial charge in [-0.2, -0.15) is 5.10 Å². The van der Waals surface area contributed by atoms with Crippen LogP contribution >= 0.6 is 11.8 Å². The zero-order valence-electron chi connectivity index (χ0n) is 18.0. The average Bonchev–Trinajstić information content (AvgIpc) is 3.62. The quantitative estimate of drug-likeness (QED) is 0.243. The molecule has 0 spiro atoms. The highest BCUT2D eigenvalue weighted by atomic mass is 32.2. The number of fused-ring (bicyclic) bond motifs is 1. The molecule has 4 aromatic heterocycles. The predicted molar refractivity (Wildman–Crippen MR) is 126 cm³/mol. The Hall–Kier alpha value is -4.31. The number of nitrogens with zero attached hydrogens (tertiary/aromatic N) is 7. The van der Waals surface area contributed by atoms with Gasteiger partial charge in [0.1, 0.15) is 28.4 Å². The summed E-state index contributed by atoms with van der Waals surface area (Å²) in [5, 5.41) is 18.8. The minimum absolute atomic E-state index is 0.373. The van der Waals surface area contributed by atoms with E-state index in [1.807, 2.05) is 67.6 Å². The first-order valence-electron chi connectivity index (χ1n) is 10.5. The van der Waals surface area contributed by atoms with Gasteiger partial charge in [-0.15, -0.1) is 10.2 Å². The highest BCUT2D eigenvalue weighted by Crippen LogP contribution is 2.34. The molecule has 0 saturated heterocycles. The summed E-state index contributed by atoms with van der Waals surface area (Å²) in [6, 6.07) is 19.6. The molecule has 10 heteroatoms. The van der Waals surface area contributed by atoms with E-state index in [1.54, 1.807) is 10.9 Å². The molecule has 0 aliphatic heterocycles. The number of hydrogen-bond donors (Lipinski definition) is 0. The zero-order valence-corrected chi connectivity index (χ0v) is 18.8. The third-order valence-corrected chi connectivity index (χ3v) is 6.24. The Bertz CT molecular complexity index is 1580. The number of hydrogen-bond acceptors (Lipinski definition) is 9. The predicted octanol–water partition coefficient (Wildman–Crippen LogP) is 5.12. The fraction of sp³-hybridized carbons (Fsp3) is 0.0833. The van der Waals surface area contributed by atoms with Crippen molar-refractivity contribution in [3.63, 3.8) is 0 Å². The Kier molecular flexibility index (Phi) is 5.11. The average molecular weight is 468 g/mol. The van der Waals surface area contributed by atoms with Crippen LogP contribution in [0, 0.1) is 6.92 Å². The molecule has 6 rings (SSSR count). The van der Waals surface area contributed by atoms with Gasteiger partial charge in [-0.05, 0) is 19.1 Å². The minimum atomic E-state index is 0.373. The minimum Gasteiger partial charge on any atom is -0.420 e. The molecule has 0 saturated carbocycles. The van der Waals surface area contributed by atoms with E-state index in [4.69, 9.17) is 8.94 Å². The molecule has 0 bridgehead atoms. The van der Waals surface area contributed by atoms with Crippen LogP contribution < -0.4 is 0 Å². The van der Waals surface area contributed by atoms with Crippen molar-refractivity contribution in [2.24, 2.45) is 0 Å². The van der Waals surface area contributed by atoms with Gasteiger partial charge in [0.15, 0.2) is 5.65 Å². The van der Waals surface area contributed by atoms with Gasteiger partial charge >= 0.3 is 0 Å². The van der Waals surface area contributed by atoms with Crippen molar-refractivity contribution >= 4 is 22.8 Å². The van der Waals surface area contributed by atoms with Crippen molar-refractivity contribution in [1.29, 1.82) is 0 Å². The smallest absolute Gasteiger partial charge is 0.253 e. The summed E-state index contributed by atoms with van der Waals surface area (Å²) >= 11 is 1.49. The lowest BCUT2D eigenvalue weighted by molar-refractivity contribution is 0.399. The lowest BCUT2D eigenvalue weighted by Crippen LogP contribution is -1.97. The summed E-state index contributed by atoms with van der Waals surface area (Å²) in [5.41, 5.74) is 3.96. The molecule has 0 aliphatic carbocycles. The highest BCUT2D eigenvalue weighted by molar-refractivity contribution is 7.98. The summed E-state index contributed by atoms with van der Waals surface area (Å²) in [4.78, 5) is 8.86. The Labute approximate surface area is 197 Å². The van der Waals surface area contributed by atoms with E-state index in [-0.39, 0.29) is 0 Å². The molecule has 0 unspecified atom stereocenters. The fourth-order valence-electron chi connectivity index (χ4n) is 3.66. The topological polar surface area (TPSA) is 109 Å². The molecule has 2 aromatic carbocycles. The highest BCUT2D eigenvalue weighted by Gasteiger charge is 2.22. The largest absolute Gasteiger partial charge is 0.420 e. The van der Waals surface area contributed by atoms with Crippen LogP contribution in [0.2, 0.25) is 0 Å². The summed E-state index contributed by atoms with van der Waals surface area (Å²) in [6.45, 7) is 1.83. The molecular weight excluding hydrogens is 450 g/mol. The van der Waals surface area contributed by atoms with Crippen molar-refractivity contribution < 1.29 is 8.94 Å². The number of aromatic nitrogens is 7. The van der Waals surface area contributed by atoms with Crippen molar-refractivity contribution in [2.45, 2.75) is 17.7 Å². The third kappa shape index (κ3) is 3.63. The van der Waals surface area contributed by atoms with Gasteiger partial charge in [0, 0.05) is 5.56 Å². The molecule has 0 atom stereocenters. The number of aryl methyl sites for hydroxylation is 1. The van der Waals surface area contributed by atoms with Gasteiger partial charge in [-0.1, -0.05) is 65.4 Å². The SMILES string of the molecule is Cc1onc(-c2ccccc2)c1-c1nnc(CSc2ncnc3c2cnn3-c2ccccc2)o1. The maximum atomic E-state index is 5.97. The monoisotopic (exact) mass is 467 g/mol. The van der Waals surface area contributed by atoms with Gasteiger partial charge in [0.25, 0.3) is 5.89 Å². The molecule has 4 heterocycles. The van der Waals surface area contributed by atoms with Crippen molar-refractivity contribution in [3.05, 3.63) is 84.8 Å². The van der Waals surface area contributed by atoms with Crippen LogP contribution in [0.1, 0.15) is 11.7 Å². The fourth-order valence-corrected chi connectivity index (χ4v) is 4.45. The van der Waals surface area contributed by atoms with Crippen LogP contribution in [-0.2, 0) is 5.75 Å². The lowest BCUT2D eigenvalue weighted by atomic mass is 10.1. The van der Waals surface area contributed by atoms with Crippen LogP contribution in [0.4, 0.5) is 0 Å². The van der Waals surface area contributed by atoms with Gasteiger partial charge in [-0.25, -0.2) is 14.6 Å². The number of rotatable bonds is 6. The first-order chi connectivity index (χ1) is 16.8. The van der Waals surface area contributed by atoms with E-state index in [1.165, 1.54) is 18.1 Å². The molecule has 0 N–H and O–H groups in total. The van der Waals surface area contributed by atoms with Crippen LogP contribution in [0.5, 0.6) is 0 Å². The molecule has 0 radical (unpaired) electrons. The molecule has 0 fully saturated rings. The molecule has 34 heavy (non-hydrogen) atoms. The van der Waals surface area contributed by atoms with Crippen molar-refractivity contribution in [3.8, 4) is 28.4 Å². The van der Waals surface area contributed by atoms with Gasteiger partial charge in [0.2, 0.25) is 5.89 Å². The molecule has 0 amide bonds. The molecule has 6 aromatic rings. The van der Waals surface area contributed by atoms with Gasteiger partial charge in [-0.3, -0.25) is 0 Å². The lowest BCUT2D eigenvalue weighted by Gasteiger charge is -2.03. The first-order valence-corrected chi connectivity index (χ1v) is 11.5. The summed E-state index contributed by atoms with van der Waals surface area (Å²) < 4.78 is 13.2. The Morgan fingerprint density at radius 3 is 2.56 bits per heavy atom. The van der Waals surface area contributed by atoms with E-state index in [2.05, 4.69) is 30.4 Å². The van der Waals surface area contributed by atoms with E-state index < -0.39 is 0 Å². The van der Waals surface area contributed by atoms with Crippen LogP contribution in [0.15, 0.2) is 87.2 Å². The molecular formula is C24H17N7O2S. The van der Waals surface area contributed by atoms with E-state index in [0.717, 1.165) is 27.3 Å². The maximum Gasteiger partial charge on any atom is 0.253 e. The second kappa shape index (κ2) is 8.56. The van der Waals surface area contributed by atoms with E-state index in [9.17, 15) is 0 Å². The van der Waals surface area contributed by atoms with E-state index >= 15 is 0 Å². The standard InChI is InChI=1S/C24H17N7O2S/c1-15-20(21(30-33-15)16-8-4-2-5-9-16)23-29-28-19(32-23)13-34-24-18-12-27-31(22(18)25-14-26-24)17-10-6-3-7-11-17/h2-12,14H,13H2,1H3. The molecule has 166 valence electrons. The van der Waals surface area contributed by atoms with Gasteiger partial charge < -0.3 is 8.94 Å². The zero-order chi connectivity index (χ0) is 22.9.